The predicted octanol–water partition coefficient (Wildman–Crippen LogP) is 24.4. The van der Waals surface area contributed by atoms with E-state index >= 15 is 0 Å². The molecule has 0 heterocycles. The number of aliphatic hydroxyl groups is 1. The average molecular weight is 1530 g/mol. The van der Waals surface area contributed by atoms with E-state index in [-0.39, 0.29) is 25.7 Å². The maximum atomic E-state index is 13.1. The summed E-state index contributed by atoms with van der Waals surface area (Å²) >= 11 is 0. The highest BCUT2D eigenvalue weighted by atomic mass is 31.2. The van der Waals surface area contributed by atoms with Gasteiger partial charge in [-0.3, -0.25) is 37.3 Å². The number of carbonyl (C=O) groups excluding carboxylic acids is 4. The maximum Gasteiger partial charge on any atom is 0.472 e. The molecule has 0 amide bonds. The van der Waals surface area contributed by atoms with E-state index < -0.39 is 97.5 Å². The van der Waals surface area contributed by atoms with Gasteiger partial charge in [0, 0.05) is 19.3 Å². The zero-order valence-electron chi connectivity index (χ0n) is 66.6. The summed E-state index contributed by atoms with van der Waals surface area (Å²) in [7, 11) is -9.99. The maximum absolute atomic E-state index is 13.1. The Hall–Kier alpha value is -4.80. The van der Waals surface area contributed by atoms with E-state index in [0.29, 0.717) is 25.7 Å². The van der Waals surface area contributed by atoms with Crippen molar-refractivity contribution in [1.29, 1.82) is 0 Å². The Balaban J connectivity index is 5.43. The van der Waals surface area contributed by atoms with Gasteiger partial charge in [-0.05, 0) is 122 Å². The number of allylic oxidation sites excluding steroid dienone is 21. The number of phosphoric ester groups is 2. The van der Waals surface area contributed by atoms with Gasteiger partial charge >= 0.3 is 39.5 Å². The first-order valence-corrected chi connectivity index (χ1v) is 44.4. The molecule has 5 atom stereocenters. The van der Waals surface area contributed by atoms with E-state index in [9.17, 15) is 43.2 Å². The highest BCUT2D eigenvalue weighted by molar-refractivity contribution is 7.47. The summed E-state index contributed by atoms with van der Waals surface area (Å²) < 4.78 is 68.6. The summed E-state index contributed by atoms with van der Waals surface area (Å²) in [6.07, 6.45) is 88.7. The molecule has 0 aliphatic rings. The molecule has 0 bridgehead atoms. The van der Waals surface area contributed by atoms with Gasteiger partial charge < -0.3 is 33.8 Å². The molecular weight excluding hydrogens is 1380 g/mol. The minimum atomic E-state index is -5.00. The monoisotopic (exact) mass is 1530 g/mol. The van der Waals surface area contributed by atoms with E-state index in [1.165, 1.54) is 83.5 Å². The molecule has 3 N–H and O–H groups in total. The molecule has 0 aliphatic carbocycles. The number of phosphoric acid groups is 2. The Labute approximate surface area is 644 Å². The summed E-state index contributed by atoms with van der Waals surface area (Å²) in [4.78, 5) is 73.1. The fourth-order valence-corrected chi connectivity index (χ4v) is 12.5. The largest absolute Gasteiger partial charge is 0.472 e. The first-order valence-electron chi connectivity index (χ1n) is 41.4. The minimum absolute atomic E-state index is 0.0709. The van der Waals surface area contributed by atoms with E-state index in [4.69, 9.17) is 37.0 Å². The normalized spacial score (nSPS) is 14.5. The van der Waals surface area contributed by atoms with Gasteiger partial charge in [0.15, 0.2) is 12.2 Å². The van der Waals surface area contributed by atoms with Gasteiger partial charge in [-0.25, -0.2) is 9.13 Å². The number of unbranched alkanes of at least 4 members (excludes halogenated alkanes) is 30. The van der Waals surface area contributed by atoms with Gasteiger partial charge in [-0.15, -0.1) is 0 Å². The molecule has 0 spiro atoms. The van der Waals surface area contributed by atoms with Crippen LogP contribution in [0.1, 0.15) is 336 Å². The summed E-state index contributed by atoms with van der Waals surface area (Å²) in [6.45, 7) is 4.52. The SMILES string of the molecule is CC/C=C\C/C=C\C/C=C\C/C=C\C/C=C\CC(=O)OCC(COP(=O)(O)OCC(O)COP(=O)(O)OCC(COC(=O)CCCCCCCC/C=C\C/C=C\C/C=C\CCCCC)OC(=O)CCCCCCCCC/C=C\C/C=C\C/C=C\CC)OC(=O)CCCCCCCCCCCCCCCCC. The van der Waals surface area contributed by atoms with Crippen molar-refractivity contribution in [3.05, 3.63) is 134 Å². The average Bonchev–Trinajstić information content (AvgIpc) is 0.899. The van der Waals surface area contributed by atoms with Crippen LogP contribution in [0, 0.1) is 0 Å². The Morgan fingerprint density at radius 2 is 0.528 bits per heavy atom. The number of hydrogen-bond donors (Lipinski definition) is 3. The van der Waals surface area contributed by atoms with Gasteiger partial charge in [0.2, 0.25) is 0 Å². The van der Waals surface area contributed by atoms with Crippen LogP contribution in [0.25, 0.3) is 0 Å². The number of hydrogen-bond acceptors (Lipinski definition) is 15. The molecule has 0 aliphatic heterocycles. The molecular formula is C87H148O17P2. The second-order valence-corrected chi connectivity index (χ2v) is 30.2. The predicted molar refractivity (Wildman–Crippen MR) is 436 cm³/mol. The summed E-state index contributed by atoms with van der Waals surface area (Å²) in [5.74, 6) is -2.34. The number of aliphatic hydroxyl groups excluding tert-OH is 1. The molecule has 0 radical (unpaired) electrons. The van der Waals surface area contributed by atoms with Crippen molar-refractivity contribution in [2.75, 3.05) is 39.6 Å². The second kappa shape index (κ2) is 78.3. The van der Waals surface area contributed by atoms with Crippen molar-refractivity contribution in [3.63, 3.8) is 0 Å². The van der Waals surface area contributed by atoms with Crippen LogP contribution in [-0.2, 0) is 65.4 Å². The minimum Gasteiger partial charge on any atom is -0.462 e. The number of carbonyl (C=O) groups is 4. The van der Waals surface area contributed by atoms with Gasteiger partial charge in [0.1, 0.15) is 19.3 Å². The molecule has 0 rings (SSSR count). The van der Waals surface area contributed by atoms with Crippen LogP contribution in [-0.4, -0.2) is 96.7 Å². The lowest BCUT2D eigenvalue weighted by Gasteiger charge is -2.21. The molecule has 5 unspecified atom stereocenters. The lowest BCUT2D eigenvalue weighted by molar-refractivity contribution is -0.161. The molecule has 0 aromatic rings. The van der Waals surface area contributed by atoms with Crippen LogP contribution in [0.3, 0.4) is 0 Å². The Bertz CT molecular complexity index is 2530. The van der Waals surface area contributed by atoms with E-state index in [1.807, 2.05) is 18.2 Å². The van der Waals surface area contributed by atoms with E-state index in [1.54, 1.807) is 6.08 Å². The fraction of sp³-hybridized carbons (Fsp3) is 0.701. The molecule has 608 valence electrons. The highest BCUT2D eigenvalue weighted by Crippen LogP contribution is 2.45. The number of esters is 4. The van der Waals surface area contributed by atoms with Crippen LogP contribution in [0.4, 0.5) is 0 Å². The fourth-order valence-electron chi connectivity index (χ4n) is 10.9. The third-order valence-corrected chi connectivity index (χ3v) is 19.0. The van der Waals surface area contributed by atoms with Crippen LogP contribution < -0.4 is 0 Å². The van der Waals surface area contributed by atoms with Crippen LogP contribution in [0.2, 0.25) is 0 Å². The first-order chi connectivity index (χ1) is 51.7. The van der Waals surface area contributed by atoms with Crippen molar-refractivity contribution >= 4 is 39.5 Å². The molecule has 0 aromatic carbocycles. The van der Waals surface area contributed by atoms with Crippen LogP contribution in [0.15, 0.2) is 134 Å². The highest BCUT2D eigenvalue weighted by Gasteiger charge is 2.30. The van der Waals surface area contributed by atoms with E-state index in [2.05, 4.69) is 137 Å². The van der Waals surface area contributed by atoms with Crippen LogP contribution >= 0.6 is 15.6 Å². The van der Waals surface area contributed by atoms with Crippen molar-refractivity contribution in [1.82, 2.24) is 0 Å². The van der Waals surface area contributed by atoms with Crippen molar-refractivity contribution in [2.24, 2.45) is 0 Å². The Morgan fingerprint density at radius 1 is 0.283 bits per heavy atom. The lowest BCUT2D eigenvalue weighted by Crippen LogP contribution is -2.30. The molecule has 0 aromatic heterocycles. The van der Waals surface area contributed by atoms with Crippen molar-refractivity contribution < 1.29 is 80.2 Å². The zero-order valence-corrected chi connectivity index (χ0v) is 68.4. The van der Waals surface area contributed by atoms with Gasteiger partial charge in [0.05, 0.1) is 32.8 Å². The number of ether oxygens (including phenoxy) is 4. The molecule has 0 saturated heterocycles. The van der Waals surface area contributed by atoms with Crippen molar-refractivity contribution in [3.8, 4) is 0 Å². The quantitative estimate of drug-likeness (QED) is 0.0169. The summed E-state index contributed by atoms with van der Waals surface area (Å²) in [5.41, 5.74) is 0. The smallest absolute Gasteiger partial charge is 0.462 e. The Kier molecular flexibility index (Phi) is 74.8. The second-order valence-electron chi connectivity index (χ2n) is 27.3. The summed E-state index contributed by atoms with van der Waals surface area (Å²) in [5, 5.41) is 10.7. The zero-order chi connectivity index (χ0) is 77.4. The molecule has 0 fully saturated rings. The van der Waals surface area contributed by atoms with Crippen molar-refractivity contribution in [2.45, 2.75) is 354 Å². The molecule has 17 nitrogen and oxygen atoms in total. The standard InChI is InChI=1S/C87H148O17P2/c1-5-9-13-17-21-25-29-33-37-39-40-42-45-48-52-56-60-64-68-72-85(90)98-78-83(104-87(92)74-70-66-62-58-54-50-46-41-38-34-30-26-22-18-14-10-6-2)80-102-106(95,96)100-76-81(88)75-99-105(93,94)101-79-82(103-86(91)73-69-65-61-57-53-49-44-36-32-28-24-20-16-12-8-4)77-97-84(89)71-67-63-59-55-51-47-43-35-31-27-23-19-15-11-7-3/h10-11,14-15,21-23,25-27,33-35,37-38,40,42-43,51,55,63,67,81-83,88H,5-9,12-13,16-20,24,28-32,36,39,41,44-50,52-54,56-62,64-66,68-80H2,1-4H3,(H,93,94)(H,95,96)/b14-10-,15-11-,25-21-,26-22-,27-23-,37-33-,38-34-,42-40-,43-35-,55-51-,67-63-. The third kappa shape index (κ3) is 77.4. The van der Waals surface area contributed by atoms with Gasteiger partial charge in [-0.2, -0.15) is 0 Å². The third-order valence-electron chi connectivity index (χ3n) is 17.1. The molecule has 106 heavy (non-hydrogen) atoms. The molecule has 19 heteroatoms. The topological polar surface area (TPSA) is 237 Å². The Morgan fingerprint density at radius 3 is 0.858 bits per heavy atom. The van der Waals surface area contributed by atoms with Gasteiger partial charge in [0.25, 0.3) is 0 Å². The van der Waals surface area contributed by atoms with Crippen LogP contribution in [0.5, 0.6) is 0 Å². The first kappa shape index (κ1) is 101. The summed E-state index contributed by atoms with van der Waals surface area (Å²) in [6, 6.07) is 0. The molecule has 0 saturated carbocycles. The lowest BCUT2D eigenvalue weighted by atomic mass is 10.0. The number of rotatable bonds is 77. The van der Waals surface area contributed by atoms with Gasteiger partial charge in [-0.1, -0.05) is 322 Å². The van der Waals surface area contributed by atoms with E-state index in [0.717, 1.165) is 173 Å².